The molecular weight excluding hydrogens is 302 g/mol. The first-order chi connectivity index (χ1) is 11.7. The van der Waals surface area contributed by atoms with Crippen molar-refractivity contribution in [3.05, 3.63) is 77.7 Å². The van der Waals surface area contributed by atoms with Gasteiger partial charge >= 0.3 is 0 Å². The van der Waals surface area contributed by atoms with Crippen LogP contribution in [0.1, 0.15) is 21.6 Å². The second kappa shape index (κ2) is 7.32. The van der Waals surface area contributed by atoms with Crippen LogP contribution < -0.4 is 10.6 Å². The molecule has 0 radical (unpaired) electrons. The predicted molar refractivity (Wildman–Crippen MR) is 92.7 cm³/mol. The number of hydrogen-bond donors (Lipinski definition) is 2. The Bertz CT molecular complexity index is 818. The highest BCUT2D eigenvalue weighted by Gasteiger charge is 2.08. The molecule has 0 aliphatic rings. The topological polar surface area (TPSA) is 79.8 Å². The molecule has 6 nitrogen and oxygen atoms in total. The molecule has 6 heteroatoms. The van der Waals surface area contributed by atoms with Crippen molar-refractivity contribution in [2.45, 2.75) is 13.5 Å². The molecule has 0 aliphatic carbocycles. The Morgan fingerprint density at radius 1 is 1.08 bits per heavy atom. The van der Waals surface area contributed by atoms with Crippen molar-refractivity contribution in [3.8, 4) is 0 Å². The van der Waals surface area contributed by atoms with Gasteiger partial charge in [0.25, 0.3) is 5.91 Å². The van der Waals surface area contributed by atoms with Crippen molar-refractivity contribution in [2.24, 2.45) is 0 Å². The van der Waals surface area contributed by atoms with Crippen molar-refractivity contribution in [3.63, 3.8) is 0 Å². The molecule has 3 aromatic rings. The summed E-state index contributed by atoms with van der Waals surface area (Å²) < 4.78 is 0. The molecule has 1 aromatic carbocycles. The van der Waals surface area contributed by atoms with E-state index in [0.717, 1.165) is 16.8 Å². The third kappa shape index (κ3) is 4.13. The van der Waals surface area contributed by atoms with Crippen molar-refractivity contribution in [1.82, 2.24) is 15.2 Å². The van der Waals surface area contributed by atoms with E-state index in [1.165, 1.54) is 0 Å². The maximum atomic E-state index is 12.2. The van der Waals surface area contributed by atoms with Crippen LogP contribution in [0.25, 0.3) is 0 Å². The number of rotatable bonds is 5. The highest BCUT2D eigenvalue weighted by atomic mass is 16.1. The van der Waals surface area contributed by atoms with Crippen LogP contribution in [-0.4, -0.2) is 21.1 Å². The molecule has 1 amide bonds. The van der Waals surface area contributed by atoms with E-state index in [1.807, 2.05) is 43.3 Å². The summed E-state index contributed by atoms with van der Waals surface area (Å²) in [6, 6.07) is 14.8. The summed E-state index contributed by atoms with van der Waals surface area (Å²) >= 11 is 0. The van der Waals surface area contributed by atoms with E-state index in [0.29, 0.717) is 12.4 Å². The van der Waals surface area contributed by atoms with E-state index >= 15 is 0 Å². The van der Waals surface area contributed by atoms with E-state index in [-0.39, 0.29) is 11.6 Å². The molecule has 0 saturated carbocycles. The molecule has 0 fully saturated rings. The molecule has 0 saturated heterocycles. The first kappa shape index (κ1) is 15.6. The van der Waals surface area contributed by atoms with Crippen LogP contribution in [0.3, 0.4) is 0 Å². The largest absolute Gasteiger partial charge is 0.364 e. The van der Waals surface area contributed by atoms with Crippen LogP contribution >= 0.6 is 0 Å². The van der Waals surface area contributed by atoms with E-state index in [9.17, 15) is 4.79 Å². The number of nitrogens with zero attached hydrogens (tertiary/aromatic N) is 3. The van der Waals surface area contributed by atoms with Crippen LogP contribution in [0, 0.1) is 6.92 Å². The number of hydrogen-bond acceptors (Lipinski definition) is 5. The molecule has 3 rings (SSSR count). The van der Waals surface area contributed by atoms with Crippen LogP contribution in [0.5, 0.6) is 0 Å². The zero-order valence-electron chi connectivity index (χ0n) is 13.2. The standard InChI is InChI=1S/C18H17N5O/c1-13-4-2-6-15(10-13)21-18(24)16-7-8-17(23-22-16)20-12-14-5-3-9-19-11-14/h2-11H,12H2,1H3,(H,20,23)(H,21,24). The molecule has 0 atom stereocenters. The monoisotopic (exact) mass is 319 g/mol. The van der Waals surface area contributed by atoms with Crippen molar-refractivity contribution in [2.75, 3.05) is 10.6 Å². The smallest absolute Gasteiger partial charge is 0.276 e. The lowest BCUT2D eigenvalue weighted by atomic mass is 10.2. The van der Waals surface area contributed by atoms with Gasteiger partial charge in [-0.1, -0.05) is 18.2 Å². The summed E-state index contributed by atoms with van der Waals surface area (Å²) in [4.78, 5) is 16.2. The number of anilines is 2. The molecule has 0 spiro atoms. The Morgan fingerprint density at radius 2 is 2.00 bits per heavy atom. The lowest BCUT2D eigenvalue weighted by molar-refractivity contribution is 0.102. The Balaban J connectivity index is 1.60. The lowest BCUT2D eigenvalue weighted by Gasteiger charge is -2.07. The fraction of sp³-hybridized carbons (Fsp3) is 0.111. The second-order valence-corrected chi connectivity index (χ2v) is 5.34. The molecule has 120 valence electrons. The maximum Gasteiger partial charge on any atom is 0.276 e. The fourth-order valence-electron chi connectivity index (χ4n) is 2.16. The van der Waals surface area contributed by atoms with Crippen LogP contribution in [0.2, 0.25) is 0 Å². The summed E-state index contributed by atoms with van der Waals surface area (Å²) in [6.07, 6.45) is 3.51. The molecular formula is C18H17N5O. The predicted octanol–water partition coefficient (Wildman–Crippen LogP) is 3.04. The number of aryl methyl sites for hydroxylation is 1. The van der Waals surface area contributed by atoms with E-state index < -0.39 is 0 Å². The first-order valence-corrected chi connectivity index (χ1v) is 7.55. The minimum Gasteiger partial charge on any atom is -0.364 e. The van der Waals surface area contributed by atoms with Gasteiger partial charge in [-0.25, -0.2) is 0 Å². The maximum absolute atomic E-state index is 12.2. The Morgan fingerprint density at radius 3 is 2.71 bits per heavy atom. The van der Waals surface area contributed by atoms with Crippen molar-refractivity contribution >= 4 is 17.4 Å². The van der Waals surface area contributed by atoms with Gasteiger partial charge < -0.3 is 10.6 Å². The number of nitrogens with one attached hydrogen (secondary N) is 2. The number of aromatic nitrogens is 3. The highest BCUT2D eigenvalue weighted by molar-refractivity contribution is 6.02. The number of pyridine rings is 1. The lowest BCUT2D eigenvalue weighted by Crippen LogP contribution is -2.15. The van der Waals surface area contributed by atoms with Gasteiger partial charge in [0.2, 0.25) is 0 Å². The van der Waals surface area contributed by atoms with E-state index in [4.69, 9.17) is 0 Å². The van der Waals surface area contributed by atoms with Crippen molar-refractivity contribution < 1.29 is 4.79 Å². The average molecular weight is 319 g/mol. The summed E-state index contributed by atoms with van der Waals surface area (Å²) in [6.45, 7) is 2.57. The molecule has 2 aromatic heterocycles. The van der Waals surface area contributed by atoms with Gasteiger partial charge in [0.05, 0.1) is 0 Å². The summed E-state index contributed by atoms with van der Waals surface area (Å²) in [5, 5.41) is 13.9. The first-order valence-electron chi connectivity index (χ1n) is 7.55. The SMILES string of the molecule is Cc1cccc(NC(=O)c2ccc(NCc3cccnc3)nn2)c1. The Labute approximate surface area is 140 Å². The van der Waals surface area contributed by atoms with Gasteiger partial charge in [-0.05, 0) is 48.4 Å². The number of amides is 1. The minimum atomic E-state index is -0.285. The summed E-state index contributed by atoms with van der Waals surface area (Å²) in [7, 11) is 0. The van der Waals surface area contributed by atoms with Crippen molar-refractivity contribution in [1.29, 1.82) is 0 Å². The number of carbonyl (C=O) groups excluding carboxylic acids is 1. The highest BCUT2D eigenvalue weighted by Crippen LogP contribution is 2.11. The van der Waals surface area contributed by atoms with E-state index in [2.05, 4.69) is 25.8 Å². The Kier molecular flexibility index (Phi) is 4.76. The molecule has 0 bridgehead atoms. The quantitative estimate of drug-likeness (QED) is 0.755. The van der Waals surface area contributed by atoms with Crippen LogP contribution in [0.4, 0.5) is 11.5 Å². The molecule has 24 heavy (non-hydrogen) atoms. The molecule has 2 heterocycles. The molecule has 0 unspecified atom stereocenters. The van der Waals surface area contributed by atoms with Gasteiger partial charge in [-0.15, -0.1) is 10.2 Å². The number of benzene rings is 1. The minimum absolute atomic E-state index is 0.267. The van der Waals surface area contributed by atoms with Crippen LogP contribution in [0.15, 0.2) is 60.9 Å². The van der Waals surface area contributed by atoms with Crippen LogP contribution in [-0.2, 0) is 6.54 Å². The Hall–Kier alpha value is -3.28. The third-order valence-electron chi connectivity index (χ3n) is 3.37. The van der Waals surface area contributed by atoms with Gasteiger partial charge in [-0.3, -0.25) is 9.78 Å². The second-order valence-electron chi connectivity index (χ2n) is 5.34. The fourth-order valence-corrected chi connectivity index (χ4v) is 2.16. The molecule has 0 aliphatic heterocycles. The zero-order chi connectivity index (χ0) is 16.8. The van der Waals surface area contributed by atoms with E-state index in [1.54, 1.807) is 24.5 Å². The normalized spacial score (nSPS) is 10.2. The average Bonchev–Trinajstić information content (AvgIpc) is 2.61. The van der Waals surface area contributed by atoms with Gasteiger partial charge in [0, 0.05) is 24.6 Å². The molecule has 2 N–H and O–H groups in total. The third-order valence-corrected chi connectivity index (χ3v) is 3.37. The zero-order valence-corrected chi connectivity index (χ0v) is 13.2. The van der Waals surface area contributed by atoms with Gasteiger partial charge in [-0.2, -0.15) is 0 Å². The summed E-state index contributed by atoms with van der Waals surface area (Å²) in [5.41, 5.74) is 3.12. The summed E-state index contributed by atoms with van der Waals surface area (Å²) in [5.74, 6) is 0.317. The number of carbonyl (C=O) groups is 1. The van der Waals surface area contributed by atoms with Gasteiger partial charge in [0.1, 0.15) is 5.82 Å². The van der Waals surface area contributed by atoms with Gasteiger partial charge in [0.15, 0.2) is 5.69 Å².